The molecule has 20 heavy (non-hydrogen) atoms. The van der Waals surface area contributed by atoms with Crippen LogP contribution in [0.3, 0.4) is 0 Å². The van der Waals surface area contributed by atoms with Gasteiger partial charge < -0.3 is 10.6 Å². The highest BCUT2D eigenvalue weighted by atomic mass is 32.2. The van der Waals surface area contributed by atoms with Gasteiger partial charge in [-0.25, -0.2) is 13.1 Å². The molecule has 0 aliphatic heterocycles. The molecule has 118 valence electrons. The molecule has 3 N–H and O–H groups in total. The minimum Gasteiger partial charge on any atom is -0.341 e. The number of amides is 1. The number of sulfonamides is 1. The summed E-state index contributed by atoms with van der Waals surface area (Å²) in [5.41, 5.74) is 5.48. The quantitative estimate of drug-likeness (QED) is 0.737. The van der Waals surface area contributed by atoms with Crippen LogP contribution >= 0.6 is 0 Å². The van der Waals surface area contributed by atoms with Gasteiger partial charge in [0.1, 0.15) is 5.75 Å². The molecular weight excluding hydrogens is 278 g/mol. The highest BCUT2D eigenvalue weighted by Gasteiger charge is 2.26. The van der Waals surface area contributed by atoms with E-state index in [9.17, 15) is 13.2 Å². The van der Waals surface area contributed by atoms with Gasteiger partial charge in [0.2, 0.25) is 15.9 Å². The number of carbonyl (C=O) groups is 1. The Balaban J connectivity index is 2.51. The maximum atomic E-state index is 12.0. The van der Waals surface area contributed by atoms with E-state index in [4.69, 9.17) is 5.73 Å². The Morgan fingerprint density at radius 1 is 1.35 bits per heavy atom. The van der Waals surface area contributed by atoms with Gasteiger partial charge in [-0.15, -0.1) is 0 Å². The zero-order chi connectivity index (χ0) is 15.3. The first kappa shape index (κ1) is 17.4. The van der Waals surface area contributed by atoms with E-state index in [1.165, 1.54) is 4.90 Å². The van der Waals surface area contributed by atoms with Crippen LogP contribution in [0.5, 0.6) is 0 Å². The van der Waals surface area contributed by atoms with Crippen molar-refractivity contribution in [3.63, 3.8) is 0 Å². The molecule has 1 rings (SSSR count). The predicted molar refractivity (Wildman–Crippen MR) is 79.6 cm³/mol. The van der Waals surface area contributed by atoms with Gasteiger partial charge in [-0.3, -0.25) is 4.79 Å². The molecule has 1 unspecified atom stereocenters. The largest absolute Gasteiger partial charge is 0.341 e. The number of hydrogen-bond acceptors (Lipinski definition) is 4. The normalized spacial score (nSPS) is 25.2. The van der Waals surface area contributed by atoms with E-state index in [1.54, 1.807) is 14.0 Å². The second-order valence-electron chi connectivity index (χ2n) is 5.92. The SMILES string of the molecule is CC1CCC(NS(=O)(=O)CC(=O)N(C)C(C)CN)CC1. The standard InChI is InChI=1S/C13H27N3O3S/c1-10-4-6-12(7-5-10)15-20(18,19)9-13(17)16(3)11(2)8-14/h10-12,15H,4-9,14H2,1-3H3. The van der Waals surface area contributed by atoms with E-state index in [0.29, 0.717) is 12.5 Å². The lowest BCUT2D eigenvalue weighted by molar-refractivity contribution is -0.128. The molecule has 0 aromatic heterocycles. The summed E-state index contributed by atoms with van der Waals surface area (Å²) in [6, 6.07) is -0.186. The summed E-state index contributed by atoms with van der Waals surface area (Å²) in [7, 11) is -1.99. The zero-order valence-corrected chi connectivity index (χ0v) is 13.4. The van der Waals surface area contributed by atoms with Gasteiger partial charge in [-0.1, -0.05) is 6.92 Å². The molecule has 0 aromatic rings. The Labute approximate surface area is 122 Å². The van der Waals surface area contributed by atoms with Gasteiger partial charge in [0.15, 0.2) is 0 Å². The third-order valence-electron chi connectivity index (χ3n) is 4.07. The van der Waals surface area contributed by atoms with E-state index in [-0.39, 0.29) is 12.1 Å². The van der Waals surface area contributed by atoms with Crippen molar-refractivity contribution in [2.45, 2.75) is 51.6 Å². The van der Waals surface area contributed by atoms with Crippen LogP contribution in [0.15, 0.2) is 0 Å². The first-order valence-electron chi connectivity index (χ1n) is 7.21. The van der Waals surface area contributed by atoms with Crippen LogP contribution in [0.4, 0.5) is 0 Å². The first-order valence-corrected chi connectivity index (χ1v) is 8.86. The van der Waals surface area contributed by atoms with Gasteiger partial charge in [-0.2, -0.15) is 0 Å². The second kappa shape index (κ2) is 7.38. The first-order chi connectivity index (χ1) is 9.25. The maximum absolute atomic E-state index is 12.0. The van der Waals surface area contributed by atoms with Gasteiger partial charge >= 0.3 is 0 Å². The zero-order valence-electron chi connectivity index (χ0n) is 12.6. The lowest BCUT2D eigenvalue weighted by atomic mass is 9.88. The monoisotopic (exact) mass is 305 g/mol. The number of nitrogens with zero attached hydrogens (tertiary/aromatic N) is 1. The van der Waals surface area contributed by atoms with E-state index in [1.807, 2.05) is 0 Å². The van der Waals surface area contributed by atoms with E-state index in [2.05, 4.69) is 11.6 Å². The highest BCUT2D eigenvalue weighted by Crippen LogP contribution is 2.23. The lowest BCUT2D eigenvalue weighted by Gasteiger charge is -2.27. The fraction of sp³-hybridized carbons (Fsp3) is 0.923. The number of likely N-dealkylation sites (N-methyl/N-ethyl adjacent to an activating group) is 1. The van der Waals surface area contributed by atoms with Crippen molar-refractivity contribution in [2.75, 3.05) is 19.3 Å². The highest BCUT2D eigenvalue weighted by molar-refractivity contribution is 7.90. The average Bonchev–Trinajstić information content (AvgIpc) is 2.38. The van der Waals surface area contributed by atoms with E-state index < -0.39 is 21.7 Å². The van der Waals surface area contributed by atoms with E-state index in [0.717, 1.165) is 25.7 Å². The number of carbonyl (C=O) groups excluding carboxylic acids is 1. The molecule has 1 aliphatic carbocycles. The van der Waals surface area contributed by atoms with Crippen LogP contribution in [0, 0.1) is 5.92 Å². The molecule has 6 nitrogen and oxygen atoms in total. The summed E-state index contributed by atoms with van der Waals surface area (Å²) in [4.78, 5) is 13.3. The minimum atomic E-state index is -3.57. The average molecular weight is 305 g/mol. The summed E-state index contributed by atoms with van der Waals surface area (Å²) in [5.74, 6) is -0.256. The summed E-state index contributed by atoms with van der Waals surface area (Å²) >= 11 is 0. The molecule has 7 heteroatoms. The third-order valence-corrected chi connectivity index (χ3v) is 5.39. The molecule has 0 saturated heterocycles. The van der Waals surface area contributed by atoms with Crippen LogP contribution in [0.25, 0.3) is 0 Å². The van der Waals surface area contributed by atoms with Gasteiger partial charge in [-0.05, 0) is 38.5 Å². The van der Waals surface area contributed by atoms with Crippen molar-refractivity contribution in [3.05, 3.63) is 0 Å². The summed E-state index contributed by atoms with van der Waals surface area (Å²) in [5, 5.41) is 0. The summed E-state index contributed by atoms with van der Waals surface area (Å²) in [6.07, 6.45) is 3.77. The van der Waals surface area contributed by atoms with Crippen LogP contribution in [0.2, 0.25) is 0 Å². The van der Waals surface area contributed by atoms with Crippen LogP contribution in [0.1, 0.15) is 39.5 Å². The van der Waals surface area contributed by atoms with Gasteiger partial charge in [0, 0.05) is 25.7 Å². The number of hydrogen-bond donors (Lipinski definition) is 2. The Morgan fingerprint density at radius 2 is 1.90 bits per heavy atom. The van der Waals surface area contributed by atoms with Gasteiger partial charge in [0.25, 0.3) is 0 Å². The molecule has 1 aliphatic rings. The van der Waals surface area contributed by atoms with Crippen molar-refractivity contribution in [3.8, 4) is 0 Å². The number of nitrogens with one attached hydrogen (secondary N) is 1. The van der Waals surface area contributed by atoms with Crippen molar-refractivity contribution in [1.29, 1.82) is 0 Å². The lowest BCUT2D eigenvalue weighted by Crippen LogP contribution is -2.46. The Kier molecular flexibility index (Phi) is 6.42. The predicted octanol–water partition coefficient (Wildman–Crippen LogP) is 0.290. The fourth-order valence-corrected chi connectivity index (χ4v) is 3.70. The topological polar surface area (TPSA) is 92.5 Å². The number of nitrogens with two attached hydrogens (primary N) is 1. The van der Waals surface area contributed by atoms with Gasteiger partial charge in [0.05, 0.1) is 0 Å². The molecule has 0 spiro atoms. The molecule has 0 heterocycles. The molecule has 1 atom stereocenters. The van der Waals surface area contributed by atoms with Crippen molar-refractivity contribution in [1.82, 2.24) is 9.62 Å². The van der Waals surface area contributed by atoms with E-state index >= 15 is 0 Å². The smallest absolute Gasteiger partial charge is 0.239 e. The number of rotatable bonds is 6. The third kappa shape index (κ3) is 5.38. The molecule has 1 fully saturated rings. The summed E-state index contributed by atoms with van der Waals surface area (Å²) in [6.45, 7) is 4.29. The Morgan fingerprint density at radius 3 is 2.40 bits per heavy atom. The van der Waals surface area contributed by atoms with Crippen molar-refractivity contribution < 1.29 is 13.2 Å². The summed E-state index contributed by atoms with van der Waals surface area (Å²) < 4.78 is 26.7. The fourth-order valence-electron chi connectivity index (χ4n) is 2.34. The second-order valence-corrected chi connectivity index (χ2v) is 7.68. The molecular formula is C13H27N3O3S. The van der Waals surface area contributed by atoms with Crippen LogP contribution in [-0.4, -0.2) is 50.7 Å². The van der Waals surface area contributed by atoms with Crippen molar-refractivity contribution >= 4 is 15.9 Å². The molecule has 1 amide bonds. The molecule has 1 saturated carbocycles. The Hall–Kier alpha value is -0.660. The Bertz CT molecular complexity index is 417. The van der Waals surface area contributed by atoms with Crippen LogP contribution < -0.4 is 10.5 Å². The molecule has 0 radical (unpaired) electrons. The maximum Gasteiger partial charge on any atom is 0.239 e. The molecule has 0 aromatic carbocycles. The minimum absolute atomic E-state index is 0.0266. The van der Waals surface area contributed by atoms with Crippen LogP contribution in [-0.2, 0) is 14.8 Å². The molecule has 0 bridgehead atoms. The van der Waals surface area contributed by atoms with Crippen molar-refractivity contribution in [2.24, 2.45) is 11.7 Å².